The molecule has 1 saturated heterocycles. The van der Waals surface area contributed by atoms with E-state index in [4.69, 9.17) is 14.2 Å². The van der Waals surface area contributed by atoms with Crippen molar-refractivity contribution in [1.29, 1.82) is 0 Å². The molecule has 8 heteroatoms. The highest BCUT2D eigenvalue weighted by Crippen LogP contribution is 2.43. The fourth-order valence-electron chi connectivity index (χ4n) is 3.60. The Hall–Kier alpha value is -2.64. The normalized spacial score (nSPS) is 20.4. The van der Waals surface area contributed by atoms with Crippen LogP contribution < -0.4 is 20.1 Å². The quantitative estimate of drug-likeness (QED) is 0.725. The Bertz CT molecular complexity index is 778. The number of carbonyl (C=O) groups is 2. The Kier molecular flexibility index (Phi) is 4.09. The summed E-state index contributed by atoms with van der Waals surface area (Å²) in [5.74, 6) is 1.22. The molecule has 0 saturated carbocycles. The standard InChI is InChI=1S/C19H25N3O5/c1-18(2,3)27-17(24)22-6-4-19(5-7-22)16(23)20-12-10-14-15(11-13(12)21-19)26-9-8-25-14/h10-11,21H,4-9H2,1-3H3,(H,20,23). The number of rotatable bonds is 0. The number of amides is 2. The van der Waals surface area contributed by atoms with Gasteiger partial charge in [0.05, 0.1) is 11.4 Å². The Morgan fingerprint density at radius 2 is 1.70 bits per heavy atom. The third-order valence-electron chi connectivity index (χ3n) is 5.01. The predicted octanol–water partition coefficient (Wildman–Crippen LogP) is 2.59. The highest BCUT2D eigenvalue weighted by Gasteiger charge is 2.46. The molecular weight excluding hydrogens is 350 g/mol. The van der Waals surface area contributed by atoms with Gasteiger partial charge in [-0.05, 0) is 33.6 Å². The summed E-state index contributed by atoms with van der Waals surface area (Å²) in [4.78, 5) is 26.8. The molecule has 3 heterocycles. The summed E-state index contributed by atoms with van der Waals surface area (Å²) in [7, 11) is 0. The number of fused-ring (bicyclic) bond motifs is 2. The maximum absolute atomic E-state index is 12.8. The fraction of sp³-hybridized carbons (Fsp3) is 0.579. The molecule has 0 unspecified atom stereocenters. The Morgan fingerprint density at radius 3 is 2.30 bits per heavy atom. The Morgan fingerprint density at radius 1 is 1.11 bits per heavy atom. The first kappa shape index (κ1) is 17.8. The second-order valence-electron chi connectivity index (χ2n) is 8.17. The van der Waals surface area contributed by atoms with E-state index in [1.54, 1.807) is 11.0 Å². The van der Waals surface area contributed by atoms with Crippen molar-refractivity contribution >= 4 is 23.4 Å². The third kappa shape index (κ3) is 3.36. The number of carbonyl (C=O) groups excluding carboxylic acids is 2. The van der Waals surface area contributed by atoms with Gasteiger partial charge in [-0.25, -0.2) is 4.79 Å². The number of piperidine rings is 1. The van der Waals surface area contributed by atoms with Gasteiger partial charge in [-0.15, -0.1) is 0 Å². The van der Waals surface area contributed by atoms with Crippen LogP contribution in [0.5, 0.6) is 11.5 Å². The summed E-state index contributed by atoms with van der Waals surface area (Å²) in [5, 5.41) is 6.37. The van der Waals surface area contributed by atoms with Gasteiger partial charge in [-0.2, -0.15) is 0 Å². The molecule has 0 radical (unpaired) electrons. The lowest BCUT2D eigenvalue weighted by Crippen LogP contribution is -2.59. The number of ether oxygens (including phenoxy) is 3. The smallest absolute Gasteiger partial charge is 0.410 e. The van der Waals surface area contributed by atoms with Crippen LogP contribution in [0.3, 0.4) is 0 Å². The van der Waals surface area contributed by atoms with Gasteiger partial charge in [0.1, 0.15) is 24.4 Å². The topological polar surface area (TPSA) is 89.1 Å². The molecule has 3 aliphatic rings. The average molecular weight is 375 g/mol. The van der Waals surface area contributed by atoms with E-state index in [1.807, 2.05) is 26.8 Å². The van der Waals surface area contributed by atoms with Crippen LogP contribution in [-0.4, -0.2) is 54.3 Å². The van der Waals surface area contributed by atoms with Crippen LogP contribution in [-0.2, 0) is 9.53 Å². The maximum Gasteiger partial charge on any atom is 0.410 e. The van der Waals surface area contributed by atoms with E-state index in [1.165, 1.54) is 0 Å². The van der Waals surface area contributed by atoms with E-state index in [-0.39, 0.29) is 12.0 Å². The molecule has 27 heavy (non-hydrogen) atoms. The van der Waals surface area contributed by atoms with Crippen molar-refractivity contribution in [3.05, 3.63) is 12.1 Å². The van der Waals surface area contributed by atoms with Gasteiger partial charge < -0.3 is 29.7 Å². The van der Waals surface area contributed by atoms with Crippen molar-refractivity contribution < 1.29 is 23.8 Å². The molecule has 2 N–H and O–H groups in total. The minimum atomic E-state index is -0.741. The summed E-state index contributed by atoms with van der Waals surface area (Å²) in [6, 6.07) is 3.66. The van der Waals surface area contributed by atoms with Crippen molar-refractivity contribution in [3.8, 4) is 11.5 Å². The number of benzene rings is 1. The van der Waals surface area contributed by atoms with Gasteiger partial charge in [-0.3, -0.25) is 4.79 Å². The number of nitrogens with one attached hydrogen (secondary N) is 2. The van der Waals surface area contributed by atoms with Gasteiger partial charge in [-0.1, -0.05) is 0 Å². The summed E-state index contributed by atoms with van der Waals surface area (Å²) in [5.41, 5.74) is 0.219. The second kappa shape index (κ2) is 6.21. The lowest BCUT2D eigenvalue weighted by atomic mass is 9.84. The lowest BCUT2D eigenvalue weighted by Gasteiger charge is -2.44. The molecule has 2 amide bonds. The molecule has 0 aliphatic carbocycles. The minimum absolute atomic E-state index is 0.0875. The van der Waals surface area contributed by atoms with Crippen LogP contribution in [0.15, 0.2) is 12.1 Å². The first-order chi connectivity index (χ1) is 12.8. The van der Waals surface area contributed by atoms with E-state index in [2.05, 4.69) is 10.6 Å². The molecule has 3 aliphatic heterocycles. The van der Waals surface area contributed by atoms with E-state index in [0.29, 0.717) is 56.3 Å². The zero-order chi connectivity index (χ0) is 19.2. The van der Waals surface area contributed by atoms with Gasteiger partial charge >= 0.3 is 6.09 Å². The SMILES string of the molecule is CC(C)(C)OC(=O)N1CCC2(CC1)Nc1cc3c(cc1NC2=O)OCCO3. The number of hydrogen-bond donors (Lipinski definition) is 2. The third-order valence-corrected chi connectivity index (χ3v) is 5.01. The summed E-state index contributed by atoms with van der Waals surface area (Å²) in [6.07, 6.45) is 0.673. The largest absolute Gasteiger partial charge is 0.486 e. The van der Waals surface area contributed by atoms with Crippen LogP contribution in [0.1, 0.15) is 33.6 Å². The number of likely N-dealkylation sites (tertiary alicyclic amines) is 1. The number of nitrogens with zero attached hydrogens (tertiary/aromatic N) is 1. The molecule has 4 rings (SSSR count). The molecule has 0 aromatic heterocycles. The summed E-state index contributed by atoms with van der Waals surface area (Å²) >= 11 is 0. The van der Waals surface area contributed by atoms with Crippen LogP contribution in [0.2, 0.25) is 0 Å². The molecule has 8 nitrogen and oxygen atoms in total. The first-order valence-electron chi connectivity index (χ1n) is 9.27. The van der Waals surface area contributed by atoms with Crippen molar-refractivity contribution in [3.63, 3.8) is 0 Å². The Balaban J connectivity index is 1.49. The zero-order valence-corrected chi connectivity index (χ0v) is 15.9. The van der Waals surface area contributed by atoms with E-state index < -0.39 is 11.1 Å². The van der Waals surface area contributed by atoms with E-state index >= 15 is 0 Å². The first-order valence-corrected chi connectivity index (χ1v) is 9.27. The van der Waals surface area contributed by atoms with Crippen molar-refractivity contribution in [2.75, 3.05) is 36.9 Å². The molecule has 0 atom stereocenters. The van der Waals surface area contributed by atoms with Crippen LogP contribution in [0, 0.1) is 0 Å². The van der Waals surface area contributed by atoms with Crippen molar-refractivity contribution in [2.45, 2.75) is 44.8 Å². The monoisotopic (exact) mass is 375 g/mol. The molecule has 1 aromatic carbocycles. The molecule has 1 spiro atoms. The lowest BCUT2D eigenvalue weighted by molar-refractivity contribution is -0.122. The number of anilines is 2. The highest BCUT2D eigenvalue weighted by molar-refractivity contribution is 6.06. The summed E-state index contributed by atoms with van der Waals surface area (Å²) in [6.45, 7) is 7.44. The second-order valence-corrected chi connectivity index (χ2v) is 8.17. The van der Waals surface area contributed by atoms with Gasteiger partial charge in [0.15, 0.2) is 11.5 Å². The van der Waals surface area contributed by atoms with Crippen molar-refractivity contribution in [2.24, 2.45) is 0 Å². The Labute approximate surface area is 158 Å². The summed E-state index contributed by atoms with van der Waals surface area (Å²) < 4.78 is 16.7. The van der Waals surface area contributed by atoms with Crippen LogP contribution >= 0.6 is 0 Å². The molecular formula is C19H25N3O5. The molecule has 1 fully saturated rings. The van der Waals surface area contributed by atoms with Crippen LogP contribution in [0.25, 0.3) is 0 Å². The minimum Gasteiger partial charge on any atom is -0.486 e. The predicted molar refractivity (Wildman–Crippen MR) is 99.5 cm³/mol. The number of hydrogen-bond acceptors (Lipinski definition) is 6. The van der Waals surface area contributed by atoms with Crippen LogP contribution in [0.4, 0.5) is 16.2 Å². The average Bonchev–Trinajstić information content (AvgIpc) is 2.60. The van der Waals surface area contributed by atoms with Gasteiger partial charge in [0, 0.05) is 25.2 Å². The van der Waals surface area contributed by atoms with E-state index in [0.717, 1.165) is 5.69 Å². The fourth-order valence-corrected chi connectivity index (χ4v) is 3.60. The molecule has 1 aromatic rings. The van der Waals surface area contributed by atoms with E-state index in [9.17, 15) is 9.59 Å². The zero-order valence-electron chi connectivity index (χ0n) is 15.9. The highest BCUT2D eigenvalue weighted by atomic mass is 16.6. The molecule has 0 bridgehead atoms. The van der Waals surface area contributed by atoms with Crippen molar-refractivity contribution in [1.82, 2.24) is 4.90 Å². The van der Waals surface area contributed by atoms with Gasteiger partial charge in [0.25, 0.3) is 0 Å². The molecule has 146 valence electrons. The van der Waals surface area contributed by atoms with Gasteiger partial charge in [0.2, 0.25) is 5.91 Å². The maximum atomic E-state index is 12.8.